The van der Waals surface area contributed by atoms with E-state index in [4.69, 9.17) is 9.15 Å². The lowest BCUT2D eigenvalue weighted by Gasteiger charge is -2.23. The van der Waals surface area contributed by atoms with E-state index < -0.39 is 0 Å². The fraction of sp³-hybridized carbons (Fsp3) is 0.353. The van der Waals surface area contributed by atoms with Gasteiger partial charge in [-0.15, -0.1) is 0 Å². The summed E-state index contributed by atoms with van der Waals surface area (Å²) in [6.07, 6.45) is 1.90. The molecule has 1 fully saturated rings. The lowest BCUT2D eigenvalue weighted by molar-refractivity contribution is 0.0897. The summed E-state index contributed by atoms with van der Waals surface area (Å²) >= 11 is 3.38. The molecule has 1 saturated heterocycles. The molecular formula is C17H19BrN2O3. The summed E-state index contributed by atoms with van der Waals surface area (Å²) in [6, 6.07) is 11.3. The van der Waals surface area contributed by atoms with Gasteiger partial charge in [0.2, 0.25) is 0 Å². The minimum Gasteiger partial charge on any atom is -0.486 e. The summed E-state index contributed by atoms with van der Waals surface area (Å²) in [6.45, 7) is 2.17. The van der Waals surface area contributed by atoms with Crippen LogP contribution in [0.3, 0.4) is 0 Å². The van der Waals surface area contributed by atoms with Gasteiger partial charge in [-0.25, -0.2) is 0 Å². The minimum absolute atomic E-state index is 0.160. The number of carbonyl (C=O) groups is 1. The molecule has 1 aliphatic rings. The normalized spacial score (nSPS) is 15.3. The fourth-order valence-corrected chi connectivity index (χ4v) is 2.75. The van der Waals surface area contributed by atoms with Crippen molar-refractivity contribution in [3.63, 3.8) is 0 Å². The van der Waals surface area contributed by atoms with Gasteiger partial charge in [0, 0.05) is 10.5 Å². The Balaban J connectivity index is 1.52. The predicted molar refractivity (Wildman–Crippen MR) is 90.5 cm³/mol. The topological polar surface area (TPSA) is 63.5 Å². The molecule has 1 aromatic heterocycles. The molecule has 0 saturated carbocycles. The number of carbonyl (C=O) groups excluding carboxylic acids is 1. The molecule has 0 aliphatic carbocycles. The number of nitrogens with one attached hydrogen (secondary N) is 2. The Labute approximate surface area is 143 Å². The summed E-state index contributed by atoms with van der Waals surface area (Å²) in [5, 5.41) is 6.28. The van der Waals surface area contributed by atoms with Gasteiger partial charge in [0.1, 0.15) is 18.1 Å². The molecule has 0 atom stereocenters. The van der Waals surface area contributed by atoms with E-state index in [-0.39, 0.29) is 11.9 Å². The average molecular weight is 379 g/mol. The van der Waals surface area contributed by atoms with Crippen LogP contribution in [0, 0.1) is 0 Å². The number of hydrogen-bond donors (Lipinski definition) is 2. The lowest BCUT2D eigenvalue weighted by atomic mass is 10.1. The second-order valence-electron chi connectivity index (χ2n) is 5.51. The Morgan fingerprint density at radius 1 is 1.22 bits per heavy atom. The highest BCUT2D eigenvalue weighted by Gasteiger charge is 2.18. The van der Waals surface area contributed by atoms with Gasteiger partial charge in [0.05, 0.1) is 0 Å². The van der Waals surface area contributed by atoms with Crippen molar-refractivity contribution in [3.8, 4) is 5.75 Å². The predicted octanol–water partition coefficient (Wildman–Crippen LogP) is 3.10. The summed E-state index contributed by atoms with van der Waals surface area (Å²) < 4.78 is 12.2. The number of furan rings is 1. The first kappa shape index (κ1) is 16.1. The van der Waals surface area contributed by atoms with Crippen LogP contribution in [-0.2, 0) is 6.61 Å². The largest absolute Gasteiger partial charge is 0.486 e. The highest BCUT2D eigenvalue weighted by Crippen LogP contribution is 2.18. The van der Waals surface area contributed by atoms with Crippen LogP contribution in [0.4, 0.5) is 0 Å². The van der Waals surface area contributed by atoms with Gasteiger partial charge < -0.3 is 19.8 Å². The third-order valence-corrected chi connectivity index (χ3v) is 4.28. The van der Waals surface area contributed by atoms with Crippen LogP contribution < -0.4 is 15.4 Å². The lowest BCUT2D eigenvalue weighted by Crippen LogP contribution is -2.42. The third-order valence-electron chi connectivity index (χ3n) is 3.75. The van der Waals surface area contributed by atoms with Crippen LogP contribution in [-0.4, -0.2) is 25.0 Å². The summed E-state index contributed by atoms with van der Waals surface area (Å²) in [5.74, 6) is 1.55. The van der Waals surface area contributed by atoms with Crippen molar-refractivity contribution in [2.45, 2.75) is 25.5 Å². The highest BCUT2D eigenvalue weighted by atomic mass is 79.9. The molecule has 0 radical (unpaired) electrons. The molecular weight excluding hydrogens is 360 g/mol. The highest BCUT2D eigenvalue weighted by molar-refractivity contribution is 9.10. The van der Waals surface area contributed by atoms with Crippen molar-refractivity contribution >= 4 is 21.8 Å². The SMILES string of the molecule is O=C(NC1CCNCC1)c1ccc(COc2ccc(Br)cc2)o1. The van der Waals surface area contributed by atoms with Gasteiger partial charge in [-0.1, -0.05) is 15.9 Å². The second-order valence-corrected chi connectivity index (χ2v) is 6.42. The molecule has 0 bridgehead atoms. The van der Waals surface area contributed by atoms with Crippen LogP contribution >= 0.6 is 15.9 Å². The summed E-state index contributed by atoms with van der Waals surface area (Å²) in [5.41, 5.74) is 0. The zero-order valence-corrected chi connectivity index (χ0v) is 14.3. The Hall–Kier alpha value is -1.79. The van der Waals surface area contributed by atoms with Crippen LogP contribution in [0.25, 0.3) is 0 Å². The Kier molecular flexibility index (Phi) is 5.35. The zero-order chi connectivity index (χ0) is 16.1. The number of amides is 1. The van der Waals surface area contributed by atoms with Crippen molar-refractivity contribution in [2.75, 3.05) is 13.1 Å². The van der Waals surface area contributed by atoms with Gasteiger partial charge in [-0.2, -0.15) is 0 Å². The molecule has 6 heteroatoms. The average Bonchev–Trinajstić information content (AvgIpc) is 3.04. The molecule has 2 aromatic rings. The van der Waals surface area contributed by atoms with Gasteiger partial charge in [-0.05, 0) is 62.3 Å². The van der Waals surface area contributed by atoms with Crippen LogP contribution in [0.1, 0.15) is 29.2 Å². The van der Waals surface area contributed by atoms with E-state index in [1.165, 1.54) is 0 Å². The smallest absolute Gasteiger partial charge is 0.287 e. The molecule has 2 heterocycles. The monoisotopic (exact) mass is 378 g/mol. The molecule has 0 spiro atoms. The van der Waals surface area contributed by atoms with E-state index >= 15 is 0 Å². The second kappa shape index (κ2) is 7.66. The maximum atomic E-state index is 12.2. The molecule has 2 N–H and O–H groups in total. The maximum absolute atomic E-state index is 12.2. The first-order valence-corrected chi connectivity index (χ1v) is 8.49. The van der Waals surface area contributed by atoms with Gasteiger partial charge in [-0.3, -0.25) is 4.79 Å². The van der Waals surface area contributed by atoms with Crippen molar-refractivity contribution in [2.24, 2.45) is 0 Å². The minimum atomic E-state index is -0.160. The van der Waals surface area contributed by atoms with Crippen molar-refractivity contribution in [3.05, 3.63) is 52.4 Å². The third kappa shape index (κ3) is 4.59. The van der Waals surface area contributed by atoms with Gasteiger partial charge >= 0.3 is 0 Å². The Morgan fingerprint density at radius 2 is 1.96 bits per heavy atom. The van der Waals surface area contributed by atoms with Crippen molar-refractivity contribution in [1.29, 1.82) is 0 Å². The summed E-state index contributed by atoms with van der Waals surface area (Å²) in [7, 11) is 0. The number of benzene rings is 1. The first-order valence-electron chi connectivity index (χ1n) is 7.69. The Morgan fingerprint density at radius 3 is 2.70 bits per heavy atom. The van der Waals surface area contributed by atoms with Crippen molar-refractivity contribution < 1.29 is 13.9 Å². The van der Waals surface area contributed by atoms with E-state index in [0.717, 1.165) is 36.2 Å². The number of rotatable bonds is 5. The number of piperidine rings is 1. The summed E-state index contributed by atoms with van der Waals surface area (Å²) in [4.78, 5) is 12.2. The number of halogens is 1. The standard InChI is InChI=1S/C17H19BrN2O3/c18-12-1-3-14(4-2-12)22-11-15-5-6-16(23-15)17(21)20-13-7-9-19-10-8-13/h1-6,13,19H,7-11H2,(H,20,21). The fourth-order valence-electron chi connectivity index (χ4n) is 2.49. The van der Waals surface area contributed by atoms with Crippen LogP contribution in [0.15, 0.2) is 45.3 Å². The van der Waals surface area contributed by atoms with E-state index in [2.05, 4.69) is 26.6 Å². The molecule has 1 aliphatic heterocycles. The maximum Gasteiger partial charge on any atom is 0.287 e. The van der Waals surface area contributed by atoms with E-state index in [0.29, 0.717) is 18.1 Å². The van der Waals surface area contributed by atoms with E-state index in [1.807, 2.05) is 24.3 Å². The first-order chi connectivity index (χ1) is 11.2. The van der Waals surface area contributed by atoms with E-state index in [9.17, 15) is 4.79 Å². The van der Waals surface area contributed by atoms with Crippen LogP contribution in [0.2, 0.25) is 0 Å². The quantitative estimate of drug-likeness (QED) is 0.838. The van der Waals surface area contributed by atoms with Crippen molar-refractivity contribution in [1.82, 2.24) is 10.6 Å². The zero-order valence-electron chi connectivity index (χ0n) is 12.7. The molecule has 5 nitrogen and oxygen atoms in total. The van der Waals surface area contributed by atoms with Crippen LogP contribution in [0.5, 0.6) is 5.75 Å². The molecule has 3 rings (SSSR count). The molecule has 1 aromatic carbocycles. The van der Waals surface area contributed by atoms with Gasteiger partial charge in [0.15, 0.2) is 5.76 Å². The molecule has 122 valence electrons. The Bertz CT molecular complexity index is 648. The molecule has 1 amide bonds. The number of hydrogen-bond acceptors (Lipinski definition) is 4. The number of ether oxygens (including phenoxy) is 1. The van der Waals surface area contributed by atoms with Gasteiger partial charge in [0.25, 0.3) is 5.91 Å². The molecule has 0 unspecified atom stereocenters. The molecule has 23 heavy (non-hydrogen) atoms. The van der Waals surface area contributed by atoms with E-state index in [1.54, 1.807) is 12.1 Å².